The molecule has 18 heavy (non-hydrogen) atoms. The molecule has 0 heterocycles. The molecule has 0 atom stereocenters. The number of terminal acetylenes is 1. The molecule has 98 valence electrons. The molecule has 0 aliphatic carbocycles. The van der Waals surface area contributed by atoms with Crippen LogP contribution in [0, 0.1) is 12.3 Å². The Kier molecular flexibility index (Phi) is 5.01. The van der Waals surface area contributed by atoms with Gasteiger partial charge in [0.15, 0.2) is 0 Å². The summed E-state index contributed by atoms with van der Waals surface area (Å²) in [5, 5.41) is 0. The third-order valence-corrected chi connectivity index (χ3v) is 3.83. The van der Waals surface area contributed by atoms with E-state index < -0.39 is 10.0 Å². The van der Waals surface area contributed by atoms with Crippen molar-refractivity contribution in [1.82, 2.24) is 4.72 Å². The van der Waals surface area contributed by atoms with Crippen molar-refractivity contribution in [2.75, 3.05) is 19.4 Å². The summed E-state index contributed by atoms with van der Waals surface area (Å²) in [6.45, 7) is 0.290. The van der Waals surface area contributed by atoms with Gasteiger partial charge in [0.1, 0.15) is 10.6 Å². The maximum Gasteiger partial charge on any atom is 0.242 e. The van der Waals surface area contributed by atoms with E-state index in [2.05, 4.69) is 10.6 Å². The van der Waals surface area contributed by atoms with Gasteiger partial charge in [-0.15, -0.1) is 12.3 Å². The van der Waals surface area contributed by atoms with Gasteiger partial charge < -0.3 is 10.5 Å². The van der Waals surface area contributed by atoms with Gasteiger partial charge in [0.25, 0.3) is 0 Å². The number of unbranched alkanes of at least 4 members (excludes halogenated alkanes) is 1. The second kappa shape index (κ2) is 6.28. The molecule has 3 N–H and O–H groups in total. The van der Waals surface area contributed by atoms with Gasteiger partial charge in [-0.1, -0.05) is 0 Å². The Labute approximate surface area is 107 Å². The van der Waals surface area contributed by atoms with Gasteiger partial charge in [-0.25, -0.2) is 13.1 Å². The van der Waals surface area contributed by atoms with Crippen LogP contribution in [0.3, 0.4) is 0 Å². The third kappa shape index (κ3) is 3.65. The van der Waals surface area contributed by atoms with Crippen LogP contribution < -0.4 is 15.2 Å². The van der Waals surface area contributed by atoms with Crippen LogP contribution in [-0.2, 0) is 10.0 Å². The zero-order valence-corrected chi connectivity index (χ0v) is 11.0. The maximum atomic E-state index is 11.9. The van der Waals surface area contributed by atoms with Gasteiger partial charge in [0.2, 0.25) is 10.0 Å². The number of methoxy groups -OCH3 is 1. The Morgan fingerprint density at radius 1 is 1.50 bits per heavy atom. The Morgan fingerprint density at radius 2 is 2.22 bits per heavy atom. The summed E-state index contributed by atoms with van der Waals surface area (Å²) in [5.41, 5.74) is 5.83. The van der Waals surface area contributed by atoms with Crippen molar-refractivity contribution in [2.24, 2.45) is 0 Å². The van der Waals surface area contributed by atoms with Crippen LogP contribution in [0.5, 0.6) is 5.75 Å². The highest BCUT2D eigenvalue weighted by molar-refractivity contribution is 7.89. The van der Waals surface area contributed by atoms with Crippen LogP contribution in [0.4, 0.5) is 5.69 Å². The fourth-order valence-electron chi connectivity index (χ4n) is 1.37. The molecule has 1 aromatic rings. The van der Waals surface area contributed by atoms with Gasteiger partial charge >= 0.3 is 0 Å². The molecule has 6 heteroatoms. The minimum absolute atomic E-state index is 0.0454. The predicted octanol–water partition coefficient (Wildman–Crippen LogP) is 0.969. The fraction of sp³-hybridized carbons (Fsp3) is 0.333. The predicted molar refractivity (Wildman–Crippen MR) is 70.7 cm³/mol. The molecule has 0 fully saturated rings. The molecule has 0 bridgehead atoms. The van der Waals surface area contributed by atoms with E-state index in [0.29, 0.717) is 18.6 Å². The molecule has 0 radical (unpaired) electrons. The minimum Gasteiger partial charge on any atom is -0.497 e. The number of nitrogens with one attached hydrogen (secondary N) is 1. The lowest BCUT2D eigenvalue weighted by atomic mass is 10.3. The Bertz CT molecular complexity index is 547. The van der Waals surface area contributed by atoms with Crippen LogP contribution in [0.1, 0.15) is 12.8 Å². The van der Waals surface area contributed by atoms with Gasteiger partial charge in [0, 0.05) is 19.0 Å². The second-order valence-corrected chi connectivity index (χ2v) is 5.34. The van der Waals surface area contributed by atoms with Crippen molar-refractivity contribution in [3.05, 3.63) is 18.2 Å². The van der Waals surface area contributed by atoms with E-state index in [0.717, 1.165) is 0 Å². The fourth-order valence-corrected chi connectivity index (χ4v) is 2.56. The summed E-state index contributed by atoms with van der Waals surface area (Å²) < 4.78 is 31.3. The van der Waals surface area contributed by atoms with Crippen LogP contribution in [0.15, 0.2) is 23.1 Å². The normalized spacial score (nSPS) is 10.9. The van der Waals surface area contributed by atoms with E-state index in [1.165, 1.54) is 19.2 Å². The first-order chi connectivity index (χ1) is 8.51. The molecule has 0 saturated heterocycles. The Balaban J connectivity index is 2.82. The molecule has 0 saturated carbocycles. The molecule has 0 aromatic heterocycles. The Hall–Kier alpha value is -1.71. The molecular weight excluding hydrogens is 252 g/mol. The quantitative estimate of drug-likeness (QED) is 0.457. The molecule has 1 rings (SSSR count). The number of hydrogen-bond acceptors (Lipinski definition) is 4. The van der Waals surface area contributed by atoms with Gasteiger partial charge in [-0.2, -0.15) is 0 Å². The van der Waals surface area contributed by atoms with Crippen molar-refractivity contribution in [2.45, 2.75) is 17.7 Å². The highest BCUT2D eigenvalue weighted by Gasteiger charge is 2.16. The van der Waals surface area contributed by atoms with E-state index in [9.17, 15) is 8.42 Å². The number of sulfonamides is 1. The number of anilines is 1. The van der Waals surface area contributed by atoms with E-state index in [4.69, 9.17) is 16.9 Å². The number of benzene rings is 1. The number of nitrogen functional groups attached to an aromatic ring is 1. The van der Waals surface area contributed by atoms with E-state index >= 15 is 0 Å². The first-order valence-electron chi connectivity index (χ1n) is 5.38. The summed E-state index contributed by atoms with van der Waals surface area (Å²) in [6, 6.07) is 4.43. The first-order valence-corrected chi connectivity index (χ1v) is 6.86. The van der Waals surface area contributed by atoms with E-state index in [1.54, 1.807) is 6.07 Å². The van der Waals surface area contributed by atoms with Crippen LogP contribution >= 0.6 is 0 Å². The second-order valence-electron chi connectivity index (χ2n) is 3.61. The largest absolute Gasteiger partial charge is 0.497 e. The average Bonchev–Trinajstić information content (AvgIpc) is 2.34. The standard InChI is InChI=1S/C12H16N2O3S/c1-3-4-5-8-14-18(15,16)12-7-6-10(17-2)9-11(12)13/h1,6-7,9,14H,4-5,8,13H2,2H3. The zero-order chi connectivity index (χ0) is 13.6. The molecule has 0 aliphatic rings. The summed E-state index contributed by atoms with van der Waals surface area (Å²) in [7, 11) is -2.11. The smallest absolute Gasteiger partial charge is 0.242 e. The molecule has 0 amide bonds. The summed E-state index contributed by atoms with van der Waals surface area (Å²) >= 11 is 0. The minimum atomic E-state index is -3.60. The topological polar surface area (TPSA) is 81.4 Å². The van der Waals surface area contributed by atoms with Crippen molar-refractivity contribution >= 4 is 15.7 Å². The molecule has 0 unspecified atom stereocenters. The molecule has 0 spiro atoms. The van der Waals surface area contributed by atoms with Crippen LogP contribution in [0.2, 0.25) is 0 Å². The van der Waals surface area contributed by atoms with Crippen molar-refractivity contribution in [3.8, 4) is 18.1 Å². The molecule has 0 aliphatic heterocycles. The summed E-state index contributed by atoms with van der Waals surface area (Å²) in [4.78, 5) is 0.0454. The summed E-state index contributed by atoms with van der Waals surface area (Å²) in [6.07, 6.45) is 6.20. The highest BCUT2D eigenvalue weighted by atomic mass is 32.2. The lowest BCUT2D eigenvalue weighted by Crippen LogP contribution is -2.25. The van der Waals surface area contributed by atoms with E-state index in [1.807, 2.05) is 0 Å². The lowest BCUT2D eigenvalue weighted by Gasteiger charge is -2.09. The maximum absolute atomic E-state index is 11.9. The van der Waals surface area contributed by atoms with E-state index in [-0.39, 0.29) is 17.1 Å². The molecule has 5 nitrogen and oxygen atoms in total. The number of nitrogens with two attached hydrogens (primary N) is 1. The van der Waals surface area contributed by atoms with Crippen molar-refractivity contribution in [1.29, 1.82) is 0 Å². The van der Waals surface area contributed by atoms with Gasteiger partial charge in [0.05, 0.1) is 12.8 Å². The monoisotopic (exact) mass is 268 g/mol. The molecule has 1 aromatic carbocycles. The first kappa shape index (κ1) is 14.4. The van der Waals surface area contributed by atoms with Crippen LogP contribution in [-0.4, -0.2) is 22.1 Å². The van der Waals surface area contributed by atoms with Crippen LogP contribution in [0.25, 0.3) is 0 Å². The SMILES string of the molecule is C#CCCCNS(=O)(=O)c1ccc(OC)cc1N. The number of rotatable bonds is 6. The number of ether oxygens (including phenoxy) is 1. The highest BCUT2D eigenvalue weighted by Crippen LogP contribution is 2.23. The summed E-state index contributed by atoms with van der Waals surface area (Å²) in [5.74, 6) is 2.96. The van der Waals surface area contributed by atoms with Gasteiger partial charge in [-0.3, -0.25) is 0 Å². The van der Waals surface area contributed by atoms with Gasteiger partial charge in [-0.05, 0) is 18.6 Å². The number of hydrogen-bond donors (Lipinski definition) is 2. The average molecular weight is 268 g/mol. The third-order valence-electron chi connectivity index (χ3n) is 2.30. The Morgan fingerprint density at radius 3 is 2.78 bits per heavy atom. The molecular formula is C12H16N2O3S. The lowest BCUT2D eigenvalue weighted by molar-refractivity contribution is 0.414. The van der Waals surface area contributed by atoms with Crippen molar-refractivity contribution < 1.29 is 13.2 Å². The zero-order valence-electron chi connectivity index (χ0n) is 10.1. The van der Waals surface area contributed by atoms with Crippen molar-refractivity contribution in [3.63, 3.8) is 0 Å².